The number of hydrogen-bond acceptors (Lipinski definition) is 4. The zero-order chi connectivity index (χ0) is 13.8. The molecule has 0 radical (unpaired) electrons. The fourth-order valence-corrected chi connectivity index (χ4v) is 2.60. The summed E-state index contributed by atoms with van der Waals surface area (Å²) < 4.78 is 10.4. The van der Waals surface area contributed by atoms with E-state index in [1.54, 1.807) is 7.11 Å². The predicted molar refractivity (Wildman–Crippen MR) is 73.3 cm³/mol. The van der Waals surface area contributed by atoms with E-state index in [-0.39, 0.29) is 12.0 Å². The van der Waals surface area contributed by atoms with E-state index in [1.807, 2.05) is 13.0 Å². The summed E-state index contributed by atoms with van der Waals surface area (Å²) in [4.78, 5) is 11.4. The number of ether oxygens (including phenoxy) is 2. The second-order valence-electron chi connectivity index (χ2n) is 4.91. The highest BCUT2D eigenvalue weighted by atomic mass is 16.5. The number of aryl methyl sites for hydroxylation is 1. The number of carbonyl (C=O) groups excluding carboxylic acids is 1. The van der Waals surface area contributed by atoms with Gasteiger partial charge >= 0.3 is 5.97 Å². The van der Waals surface area contributed by atoms with Gasteiger partial charge in [0.15, 0.2) is 0 Å². The fourth-order valence-electron chi connectivity index (χ4n) is 2.60. The van der Waals surface area contributed by atoms with Gasteiger partial charge in [0, 0.05) is 12.5 Å². The summed E-state index contributed by atoms with van der Waals surface area (Å²) >= 11 is 0. The van der Waals surface area contributed by atoms with Crippen LogP contribution in [0.5, 0.6) is 5.75 Å². The summed E-state index contributed by atoms with van der Waals surface area (Å²) in [5, 5.41) is 0. The van der Waals surface area contributed by atoms with Crippen LogP contribution in [0.25, 0.3) is 0 Å². The molecular formula is C15H21NO3. The first-order valence-electron chi connectivity index (χ1n) is 6.74. The summed E-state index contributed by atoms with van der Waals surface area (Å²) in [5.41, 5.74) is 9.57. The number of benzene rings is 1. The third-order valence-corrected chi connectivity index (χ3v) is 3.45. The minimum absolute atomic E-state index is 0.154. The molecule has 1 aliphatic carbocycles. The van der Waals surface area contributed by atoms with E-state index in [0.717, 1.165) is 24.2 Å². The van der Waals surface area contributed by atoms with E-state index in [2.05, 4.69) is 6.07 Å². The van der Waals surface area contributed by atoms with Crippen molar-refractivity contribution in [2.24, 2.45) is 5.73 Å². The van der Waals surface area contributed by atoms with Crippen LogP contribution in [0.1, 0.15) is 30.0 Å². The molecule has 0 aromatic heterocycles. The number of esters is 1. The molecule has 2 rings (SSSR count). The van der Waals surface area contributed by atoms with Gasteiger partial charge in [0.1, 0.15) is 5.75 Å². The first-order valence-corrected chi connectivity index (χ1v) is 6.74. The monoisotopic (exact) mass is 263 g/mol. The Balaban J connectivity index is 2.10. The average Bonchev–Trinajstić information content (AvgIpc) is 2.76. The molecule has 0 amide bonds. The van der Waals surface area contributed by atoms with Crippen LogP contribution in [0.4, 0.5) is 0 Å². The molecule has 0 fully saturated rings. The lowest BCUT2D eigenvalue weighted by Gasteiger charge is -2.10. The number of hydrogen-bond donors (Lipinski definition) is 1. The van der Waals surface area contributed by atoms with E-state index >= 15 is 0 Å². The van der Waals surface area contributed by atoms with Gasteiger partial charge in [-0.15, -0.1) is 0 Å². The van der Waals surface area contributed by atoms with Crippen molar-refractivity contribution >= 4 is 5.97 Å². The van der Waals surface area contributed by atoms with Crippen molar-refractivity contribution in [3.05, 3.63) is 28.8 Å². The topological polar surface area (TPSA) is 61.5 Å². The molecule has 0 saturated heterocycles. The highest BCUT2D eigenvalue weighted by molar-refractivity contribution is 5.69. The number of methoxy groups -OCH3 is 1. The maximum absolute atomic E-state index is 11.4. The molecule has 1 atom stereocenters. The summed E-state index contributed by atoms with van der Waals surface area (Å²) in [6.07, 6.45) is 2.84. The molecule has 4 heteroatoms. The summed E-state index contributed by atoms with van der Waals surface area (Å²) in [5.74, 6) is 0.739. The van der Waals surface area contributed by atoms with Crippen molar-refractivity contribution in [3.8, 4) is 5.75 Å². The highest BCUT2D eigenvalue weighted by Gasteiger charge is 2.22. The Labute approximate surface area is 113 Å². The van der Waals surface area contributed by atoms with Crippen LogP contribution in [0.3, 0.4) is 0 Å². The van der Waals surface area contributed by atoms with Crippen molar-refractivity contribution < 1.29 is 14.3 Å². The van der Waals surface area contributed by atoms with Gasteiger partial charge in [-0.2, -0.15) is 0 Å². The minimum atomic E-state index is -0.154. The molecule has 4 nitrogen and oxygen atoms in total. The number of rotatable bonds is 5. The molecule has 0 bridgehead atoms. The molecule has 1 unspecified atom stereocenters. The average molecular weight is 263 g/mol. The van der Waals surface area contributed by atoms with Crippen LogP contribution >= 0.6 is 0 Å². The largest absolute Gasteiger partial charge is 0.496 e. The van der Waals surface area contributed by atoms with E-state index in [1.165, 1.54) is 11.1 Å². The normalized spacial score (nSPS) is 17.1. The smallest absolute Gasteiger partial charge is 0.306 e. The standard InChI is InChI=1S/C15H21NO3/c1-3-19-15(17)5-4-10-6-11-8-12(16)9-13(11)14(7-10)18-2/h6-7,12H,3-5,8-9,16H2,1-2H3. The number of nitrogens with two attached hydrogens (primary N) is 1. The van der Waals surface area contributed by atoms with Gasteiger partial charge in [0.25, 0.3) is 0 Å². The molecule has 19 heavy (non-hydrogen) atoms. The summed E-state index contributed by atoms with van der Waals surface area (Å²) in [6.45, 7) is 2.25. The van der Waals surface area contributed by atoms with Crippen molar-refractivity contribution in [2.45, 2.75) is 38.6 Å². The molecule has 0 aliphatic heterocycles. The van der Waals surface area contributed by atoms with Crippen LogP contribution in [0.2, 0.25) is 0 Å². The van der Waals surface area contributed by atoms with Gasteiger partial charge in [-0.3, -0.25) is 4.79 Å². The zero-order valence-corrected chi connectivity index (χ0v) is 11.6. The first-order chi connectivity index (χ1) is 9.13. The molecule has 2 N–H and O–H groups in total. The van der Waals surface area contributed by atoms with Gasteiger partial charge < -0.3 is 15.2 Å². The summed E-state index contributed by atoms with van der Waals surface area (Å²) in [6, 6.07) is 4.34. The maximum atomic E-state index is 11.4. The van der Waals surface area contributed by atoms with E-state index in [4.69, 9.17) is 15.2 Å². The molecule has 0 spiro atoms. The van der Waals surface area contributed by atoms with Crippen molar-refractivity contribution in [3.63, 3.8) is 0 Å². The SMILES string of the molecule is CCOC(=O)CCc1cc2c(c(OC)c1)CC(N)C2. The molecule has 0 saturated carbocycles. The third kappa shape index (κ3) is 3.26. The highest BCUT2D eigenvalue weighted by Crippen LogP contribution is 2.32. The first kappa shape index (κ1) is 13.9. The van der Waals surface area contributed by atoms with Crippen LogP contribution < -0.4 is 10.5 Å². The fraction of sp³-hybridized carbons (Fsp3) is 0.533. The van der Waals surface area contributed by atoms with E-state index in [9.17, 15) is 4.79 Å². The lowest BCUT2D eigenvalue weighted by molar-refractivity contribution is -0.143. The number of carbonyl (C=O) groups is 1. The lowest BCUT2D eigenvalue weighted by Crippen LogP contribution is -2.19. The molecule has 1 aliphatic rings. The minimum Gasteiger partial charge on any atom is -0.496 e. The number of fused-ring (bicyclic) bond motifs is 1. The molecule has 104 valence electrons. The Kier molecular flexibility index (Phi) is 4.43. The zero-order valence-electron chi connectivity index (χ0n) is 11.6. The van der Waals surface area contributed by atoms with Gasteiger partial charge in [0.05, 0.1) is 13.7 Å². The van der Waals surface area contributed by atoms with Crippen molar-refractivity contribution in [1.29, 1.82) is 0 Å². The second-order valence-corrected chi connectivity index (χ2v) is 4.91. The van der Waals surface area contributed by atoms with Crippen LogP contribution in [0, 0.1) is 0 Å². The second kappa shape index (κ2) is 6.06. The quantitative estimate of drug-likeness (QED) is 0.820. The molecular weight excluding hydrogens is 242 g/mol. The van der Waals surface area contributed by atoms with Crippen LogP contribution in [-0.2, 0) is 28.8 Å². The Hall–Kier alpha value is -1.55. The molecule has 1 aromatic rings. The lowest BCUT2D eigenvalue weighted by atomic mass is 10.0. The Bertz CT molecular complexity index is 471. The Morgan fingerprint density at radius 3 is 2.89 bits per heavy atom. The molecule has 1 aromatic carbocycles. The van der Waals surface area contributed by atoms with Gasteiger partial charge in [-0.1, -0.05) is 6.07 Å². The van der Waals surface area contributed by atoms with Crippen molar-refractivity contribution in [1.82, 2.24) is 0 Å². The Morgan fingerprint density at radius 2 is 2.21 bits per heavy atom. The van der Waals surface area contributed by atoms with Crippen molar-refractivity contribution in [2.75, 3.05) is 13.7 Å². The van der Waals surface area contributed by atoms with Gasteiger partial charge in [0.2, 0.25) is 0 Å². The maximum Gasteiger partial charge on any atom is 0.306 e. The molecule has 0 heterocycles. The van der Waals surface area contributed by atoms with Gasteiger partial charge in [-0.25, -0.2) is 0 Å². The van der Waals surface area contributed by atoms with E-state index in [0.29, 0.717) is 19.4 Å². The van der Waals surface area contributed by atoms with Gasteiger partial charge in [-0.05, 0) is 48.9 Å². The van der Waals surface area contributed by atoms with E-state index < -0.39 is 0 Å². The van der Waals surface area contributed by atoms with Crippen LogP contribution in [0.15, 0.2) is 12.1 Å². The Morgan fingerprint density at radius 1 is 1.42 bits per heavy atom. The predicted octanol–water partition coefficient (Wildman–Crippen LogP) is 1.62. The third-order valence-electron chi connectivity index (χ3n) is 3.45. The summed E-state index contributed by atoms with van der Waals surface area (Å²) in [7, 11) is 1.68. The van der Waals surface area contributed by atoms with Crippen LogP contribution in [-0.4, -0.2) is 25.7 Å².